The van der Waals surface area contributed by atoms with E-state index in [-0.39, 0.29) is 0 Å². The summed E-state index contributed by atoms with van der Waals surface area (Å²) in [6, 6.07) is 1.78. The third-order valence-electron chi connectivity index (χ3n) is 3.32. The van der Waals surface area contributed by atoms with Crippen molar-refractivity contribution in [3.05, 3.63) is 11.9 Å². The summed E-state index contributed by atoms with van der Waals surface area (Å²) in [5.74, 6) is 2.77. The summed E-state index contributed by atoms with van der Waals surface area (Å²) in [6.07, 6.45) is 8.55. The van der Waals surface area contributed by atoms with E-state index in [1.54, 1.807) is 6.07 Å². The van der Waals surface area contributed by atoms with Crippen LogP contribution in [0.15, 0.2) is 6.07 Å². The molecule has 0 unspecified atom stereocenters. The first-order valence-corrected chi connectivity index (χ1v) is 6.52. The number of aryl methyl sites for hydroxylation is 1. The molecule has 0 aromatic carbocycles. The number of nitriles is 1. The molecule has 0 aliphatic heterocycles. The van der Waals surface area contributed by atoms with E-state index < -0.39 is 0 Å². The first-order valence-electron chi connectivity index (χ1n) is 6.52. The van der Waals surface area contributed by atoms with Crippen molar-refractivity contribution in [2.24, 2.45) is 5.92 Å². The molecule has 96 valence electrons. The van der Waals surface area contributed by atoms with Gasteiger partial charge >= 0.3 is 0 Å². The highest BCUT2D eigenvalue weighted by Gasteiger charge is 2.13. The van der Waals surface area contributed by atoms with Gasteiger partial charge in [-0.3, -0.25) is 5.32 Å². The molecule has 0 saturated heterocycles. The van der Waals surface area contributed by atoms with E-state index in [1.807, 2.05) is 13.1 Å². The highest BCUT2D eigenvalue weighted by atomic mass is 15.1. The van der Waals surface area contributed by atoms with Gasteiger partial charge in [-0.15, -0.1) is 0 Å². The number of rotatable bonds is 4. The summed E-state index contributed by atoms with van der Waals surface area (Å²) < 4.78 is 0. The summed E-state index contributed by atoms with van der Waals surface area (Å²) in [5.41, 5.74) is 0. The minimum Gasteiger partial charge on any atom is -0.370 e. The average molecular weight is 245 g/mol. The zero-order valence-electron chi connectivity index (χ0n) is 10.7. The molecule has 1 heterocycles. The van der Waals surface area contributed by atoms with E-state index in [2.05, 4.69) is 20.6 Å². The molecule has 0 radical (unpaired) electrons. The van der Waals surface area contributed by atoms with Gasteiger partial charge in [-0.2, -0.15) is 5.26 Å². The van der Waals surface area contributed by atoms with Crippen molar-refractivity contribution in [3.63, 3.8) is 0 Å². The average Bonchev–Trinajstić information content (AvgIpc) is 2.37. The van der Waals surface area contributed by atoms with Crippen molar-refractivity contribution in [1.29, 1.82) is 5.26 Å². The van der Waals surface area contributed by atoms with Gasteiger partial charge in [0.15, 0.2) is 6.19 Å². The number of hydrogen-bond donors (Lipinski definition) is 2. The largest absolute Gasteiger partial charge is 0.370 e. The second-order valence-corrected chi connectivity index (χ2v) is 4.81. The van der Waals surface area contributed by atoms with Crippen molar-refractivity contribution in [1.82, 2.24) is 9.97 Å². The Morgan fingerprint density at radius 3 is 2.72 bits per heavy atom. The van der Waals surface area contributed by atoms with Crippen LogP contribution in [-0.2, 0) is 0 Å². The first-order chi connectivity index (χ1) is 8.78. The Morgan fingerprint density at radius 1 is 1.28 bits per heavy atom. The predicted molar refractivity (Wildman–Crippen MR) is 71.1 cm³/mol. The fourth-order valence-electron chi connectivity index (χ4n) is 2.42. The van der Waals surface area contributed by atoms with Crippen LogP contribution in [0.25, 0.3) is 0 Å². The third-order valence-corrected chi connectivity index (χ3v) is 3.32. The lowest BCUT2D eigenvalue weighted by Gasteiger charge is -2.22. The second kappa shape index (κ2) is 6.20. The number of aromatic nitrogens is 2. The van der Waals surface area contributed by atoms with E-state index in [1.165, 1.54) is 32.1 Å². The maximum Gasteiger partial charge on any atom is 0.182 e. The Kier molecular flexibility index (Phi) is 4.35. The maximum atomic E-state index is 8.59. The number of nitrogens with zero attached hydrogens (tertiary/aromatic N) is 3. The number of nitrogens with one attached hydrogen (secondary N) is 2. The molecule has 2 N–H and O–H groups in total. The Balaban J connectivity index is 1.93. The van der Waals surface area contributed by atoms with Crippen LogP contribution in [0, 0.1) is 24.3 Å². The SMILES string of the molecule is Cc1nc(NC#N)cc(NCC2CCCCC2)n1. The van der Waals surface area contributed by atoms with Gasteiger partial charge in [0.1, 0.15) is 17.5 Å². The lowest BCUT2D eigenvalue weighted by atomic mass is 9.89. The Hall–Kier alpha value is -1.83. The molecule has 1 aromatic heterocycles. The quantitative estimate of drug-likeness (QED) is 0.630. The molecule has 1 fully saturated rings. The summed E-state index contributed by atoms with van der Waals surface area (Å²) in [5, 5.41) is 14.5. The minimum atomic E-state index is 0.552. The van der Waals surface area contributed by atoms with Crippen molar-refractivity contribution >= 4 is 11.6 Å². The monoisotopic (exact) mass is 245 g/mol. The van der Waals surface area contributed by atoms with E-state index in [4.69, 9.17) is 5.26 Å². The van der Waals surface area contributed by atoms with Crippen LogP contribution in [0.5, 0.6) is 0 Å². The van der Waals surface area contributed by atoms with Gasteiger partial charge in [-0.1, -0.05) is 19.3 Å². The fraction of sp³-hybridized carbons (Fsp3) is 0.615. The minimum absolute atomic E-state index is 0.552. The second-order valence-electron chi connectivity index (χ2n) is 4.81. The molecule has 0 spiro atoms. The molecule has 5 nitrogen and oxygen atoms in total. The van der Waals surface area contributed by atoms with Gasteiger partial charge in [0.25, 0.3) is 0 Å². The van der Waals surface area contributed by atoms with Crippen molar-refractivity contribution in [2.75, 3.05) is 17.2 Å². The zero-order valence-corrected chi connectivity index (χ0v) is 10.7. The smallest absolute Gasteiger partial charge is 0.182 e. The van der Waals surface area contributed by atoms with Crippen LogP contribution in [0.2, 0.25) is 0 Å². The summed E-state index contributed by atoms with van der Waals surface area (Å²) in [4.78, 5) is 8.46. The molecule has 1 aliphatic rings. The Morgan fingerprint density at radius 2 is 2.00 bits per heavy atom. The van der Waals surface area contributed by atoms with Crippen molar-refractivity contribution in [2.45, 2.75) is 39.0 Å². The number of anilines is 2. The van der Waals surface area contributed by atoms with Gasteiger partial charge in [0, 0.05) is 12.6 Å². The van der Waals surface area contributed by atoms with Gasteiger partial charge < -0.3 is 5.32 Å². The van der Waals surface area contributed by atoms with Crippen LogP contribution in [-0.4, -0.2) is 16.5 Å². The Labute approximate surface area is 108 Å². The molecule has 2 rings (SSSR count). The van der Waals surface area contributed by atoms with Gasteiger partial charge in [-0.05, 0) is 25.7 Å². The summed E-state index contributed by atoms with van der Waals surface area (Å²) in [7, 11) is 0. The molecule has 5 heteroatoms. The van der Waals surface area contributed by atoms with Crippen LogP contribution in [0.1, 0.15) is 37.9 Å². The molecule has 0 bridgehead atoms. The van der Waals surface area contributed by atoms with E-state index in [9.17, 15) is 0 Å². The third kappa shape index (κ3) is 3.59. The predicted octanol–water partition coefficient (Wildman–Crippen LogP) is 2.67. The van der Waals surface area contributed by atoms with Gasteiger partial charge in [-0.25, -0.2) is 9.97 Å². The molecule has 1 aliphatic carbocycles. The molecule has 1 saturated carbocycles. The summed E-state index contributed by atoms with van der Waals surface area (Å²) >= 11 is 0. The summed E-state index contributed by atoms with van der Waals surface area (Å²) in [6.45, 7) is 2.79. The van der Waals surface area contributed by atoms with Gasteiger partial charge in [0.05, 0.1) is 0 Å². The topological polar surface area (TPSA) is 73.6 Å². The maximum absolute atomic E-state index is 8.59. The first kappa shape index (κ1) is 12.6. The molecule has 18 heavy (non-hydrogen) atoms. The molecule has 1 aromatic rings. The molecule has 0 amide bonds. The normalized spacial score (nSPS) is 16.0. The lowest BCUT2D eigenvalue weighted by molar-refractivity contribution is 0.373. The standard InChI is InChI=1S/C13H19N5/c1-10-17-12(7-13(18-10)16-9-14)15-8-11-5-3-2-4-6-11/h7,11H,2-6,8H2,1H3,(H2,15,16,17,18). The van der Waals surface area contributed by atoms with Crippen molar-refractivity contribution < 1.29 is 0 Å². The molecular weight excluding hydrogens is 226 g/mol. The van der Waals surface area contributed by atoms with E-state index in [0.717, 1.165) is 18.3 Å². The van der Waals surface area contributed by atoms with Gasteiger partial charge in [0.2, 0.25) is 0 Å². The number of hydrogen-bond acceptors (Lipinski definition) is 5. The van der Waals surface area contributed by atoms with Crippen molar-refractivity contribution in [3.8, 4) is 6.19 Å². The van der Waals surface area contributed by atoms with Crippen LogP contribution in [0.4, 0.5) is 11.6 Å². The lowest BCUT2D eigenvalue weighted by Crippen LogP contribution is -2.18. The van der Waals surface area contributed by atoms with Crippen LogP contribution >= 0.6 is 0 Å². The Bertz CT molecular complexity index is 431. The van der Waals surface area contributed by atoms with E-state index >= 15 is 0 Å². The highest BCUT2D eigenvalue weighted by Crippen LogP contribution is 2.24. The fourth-order valence-corrected chi connectivity index (χ4v) is 2.42. The van der Waals surface area contributed by atoms with Crippen LogP contribution < -0.4 is 10.6 Å². The van der Waals surface area contributed by atoms with Crippen LogP contribution in [0.3, 0.4) is 0 Å². The molecule has 0 atom stereocenters. The zero-order chi connectivity index (χ0) is 12.8. The highest BCUT2D eigenvalue weighted by molar-refractivity contribution is 5.49. The molecular formula is C13H19N5. The van der Waals surface area contributed by atoms with E-state index in [0.29, 0.717) is 11.6 Å².